The molecule has 4 aromatic carbocycles. The topological polar surface area (TPSA) is 84.9 Å². The molecule has 0 atom stereocenters. The molecule has 0 aliphatic carbocycles. The first kappa shape index (κ1) is 25.0. The molecule has 0 aliphatic heterocycles. The Bertz CT molecular complexity index is 1390. The first-order valence-corrected chi connectivity index (χ1v) is 12.7. The van der Waals surface area contributed by atoms with Crippen molar-refractivity contribution in [3.05, 3.63) is 115 Å². The van der Waals surface area contributed by atoms with Gasteiger partial charge in [-0.2, -0.15) is 4.31 Å². The summed E-state index contributed by atoms with van der Waals surface area (Å²) in [5.74, 6) is 1.16. The van der Waals surface area contributed by atoms with Gasteiger partial charge >= 0.3 is 0 Å². The minimum absolute atomic E-state index is 0.143. The van der Waals surface area contributed by atoms with Gasteiger partial charge in [0.2, 0.25) is 10.0 Å². The number of hydrogen-bond donors (Lipinski definition) is 1. The maximum absolute atomic E-state index is 12.9. The van der Waals surface area contributed by atoms with Crippen LogP contribution in [-0.2, 0) is 21.4 Å². The first-order chi connectivity index (χ1) is 17.4. The molecular formula is C28H26N2O5S. The Morgan fingerprint density at radius 1 is 0.778 bits per heavy atom. The van der Waals surface area contributed by atoms with E-state index in [1.165, 1.54) is 35.6 Å². The third-order valence-electron chi connectivity index (χ3n) is 5.28. The number of carbonyl (C=O) groups is 1. The predicted octanol–water partition coefficient (Wildman–Crippen LogP) is 5.32. The van der Waals surface area contributed by atoms with Crippen molar-refractivity contribution in [3.8, 4) is 17.2 Å². The van der Waals surface area contributed by atoms with E-state index in [-0.39, 0.29) is 24.0 Å². The van der Waals surface area contributed by atoms with Gasteiger partial charge < -0.3 is 14.8 Å². The SMILES string of the molecule is CN(Cc1ccccc1)S(=O)(=O)c1ccc(OCC(=O)Nc2ccccc2Oc2ccccc2)cc1. The van der Waals surface area contributed by atoms with Crippen LogP contribution in [-0.4, -0.2) is 32.3 Å². The summed E-state index contributed by atoms with van der Waals surface area (Å²) in [5.41, 5.74) is 1.41. The Balaban J connectivity index is 1.34. The van der Waals surface area contributed by atoms with Crippen LogP contribution in [0.1, 0.15) is 5.56 Å². The summed E-state index contributed by atoms with van der Waals surface area (Å²) in [4.78, 5) is 12.6. The minimum Gasteiger partial charge on any atom is -0.484 e. The van der Waals surface area contributed by atoms with Crippen LogP contribution in [0.25, 0.3) is 0 Å². The van der Waals surface area contributed by atoms with Crippen molar-refractivity contribution in [2.75, 3.05) is 19.0 Å². The zero-order valence-corrected chi connectivity index (χ0v) is 20.5. The Kier molecular flexibility index (Phi) is 7.99. The van der Waals surface area contributed by atoms with Crippen LogP contribution in [0.4, 0.5) is 5.69 Å². The maximum Gasteiger partial charge on any atom is 0.262 e. The number of sulfonamides is 1. The molecular weight excluding hydrogens is 476 g/mol. The molecule has 0 bridgehead atoms. The van der Waals surface area contributed by atoms with Gasteiger partial charge in [0.15, 0.2) is 12.4 Å². The van der Waals surface area contributed by atoms with E-state index in [0.29, 0.717) is 22.9 Å². The highest BCUT2D eigenvalue weighted by molar-refractivity contribution is 7.89. The minimum atomic E-state index is -3.67. The van der Waals surface area contributed by atoms with Gasteiger partial charge in [-0.3, -0.25) is 4.79 Å². The van der Waals surface area contributed by atoms with Gasteiger partial charge in [-0.1, -0.05) is 60.7 Å². The van der Waals surface area contributed by atoms with Gasteiger partial charge in [0.05, 0.1) is 10.6 Å². The van der Waals surface area contributed by atoms with Crippen LogP contribution in [0.15, 0.2) is 114 Å². The molecule has 0 aliphatic rings. The highest BCUT2D eigenvalue weighted by Crippen LogP contribution is 2.29. The van der Waals surface area contributed by atoms with Crippen molar-refractivity contribution < 1.29 is 22.7 Å². The van der Waals surface area contributed by atoms with Crippen molar-refractivity contribution in [1.29, 1.82) is 0 Å². The van der Waals surface area contributed by atoms with Crippen molar-refractivity contribution in [3.63, 3.8) is 0 Å². The summed E-state index contributed by atoms with van der Waals surface area (Å²) in [6.07, 6.45) is 0. The lowest BCUT2D eigenvalue weighted by molar-refractivity contribution is -0.118. The maximum atomic E-state index is 12.9. The van der Waals surface area contributed by atoms with Crippen LogP contribution in [0.3, 0.4) is 0 Å². The lowest BCUT2D eigenvalue weighted by atomic mass is 10.2. The van der Waals surface area contributed by atoms with E-state index in [2.05, 4.69) is 5.32 Å². The van der Waals surface area contributed by atoms with E-state index >= 15 is 0 Å². The van der Waals surface area contributed by atoms with Crippen LogP contribution in [0, 0.1) is 0 Å². The van der Waals surface area contributed by atoms with E-state index in [9.17, 15) is 13.2 Å². The lowest BCUT2D eigenvalue weighted by Crippen LogP contribution is -2.26. The Morgan fingerprint density at radius 3 is 2.08 bits per heavy atom. The van der Waals surface area contributed by atoms with E-state index in [0.717, 1.165) is 5.56 Å². The molecule has 7 nitrogen and oxygen atoms in total. The lowest BCUT2D eigenvalue weighted by Gasteiger charge is -2.17. The number of nitrogens with zero attached hydrogens (tertiary/aromatic N) is 1. The fraction of sp³-hybridized carbons (Fsp3) is 0.107. The number of benzene rings is 4. The predicted molar refractivity (Wildman–Crippen MR) is 139 cm³/mol. The summed E-state index contributed by atoms with van der Waals surface area (Å²) >= 11 is 0. The molecule has 8 heteroatoms. The fourth-order valence-electron chi connectivity index (χ4n) is 3.42. The Hall–Kier alpha value is -4.14. The molecule has 0 aromatic heterocycles. The molecule has 4 aromatic rings. The molecule has 36 heavy (non-hydrogen) atoms. The van der Waals surface area contributed by atoms with E-state index in [1.54, 1.807) is 18.2 Å². The standard InChI is InChI=1S/C28H26N2O5S/c1-30(20-22-10-4-2-5-11-22)36(32,33)25-18-16-23(17-19-25)34-21-28(31)29-26-14-8-9-15-27(26)35-24-12-6-3-7-13-24/h2-19H,20-21H2,1H3,(H,29,31). The molecule has 4 rings (SSSR count). The number of rotatable bonds is 10. The van der Waals surface area contributed by atoms with Gasteiger partial charge in [0, 0.05) is 13.6 Å². The zero-order chi connectivity index (χ0) is 25.4. The van der Waals surface area contributed by atoms with E-state index in [4.69, 9.17) is 9.47 Å². The van der Waals surface area contributed by atoms with Crippen LogP contribution >= 0.6 is 0 Å². The molecule has 0 unspecified atom stereocenters. The van der Waals surface area contributed by atoms with Gasteiger partial charge in [-0.15, -0.1) is 0 Å². The summed E-state index contributed by atoms with van der Waals surface area (Å²) in [6.45, 7) is 0.0106. The molecule has 0 saturated heterocycles. The Morgan fingerprint density at radius 2 is 1.39 bits per heavy atom. The fourth-order valence-corrected chi connectivity index (χ4v) is 4.58. The number of anilines is 1. The van der Waals surface area contributed by atoms with E-state index < -0.39 is 10.0 Å². The summed E-state index contributed by atoms with van der Waals surface area (Å²) in [7, 11) is -2.13. The molecule has 0 saturated carbocycles. The molecule has 0 fully saturated rings. The number of para-hydroxylation sites is 3. The third-order valence-corrected chi connectivity index (χ3v) is 7.10. The van der Waals surface area contributed by atoms with Crippen molar-refractivity contribution >= 4 is 21.6 Å². The van der Waals surface area contributed by atoms with Gasteiger partial charge in [0.1, 0.15) is 11.5 Å². The highest BCUT2D eigenvalue weighted by atomic mass is 32.2. The van der Waals surface area contributed by atoms with Crippen molar-refractivity contribution in [1.82, 2.24) is 4.31 Å². The molecule has 1 N–H and O–H groups in total. The summed E-state index contributed by atoms with van der Waals surface area (Å²) in [5, 5.41) is 2.78. The number of hydrogen-bond acceptors (Lipinski definition) is 5. The second kappa shape index (κ2) is 11.5. The quantitative estimate of drug-likeness (QED) is 0.317. The monoisotopic (exact) mass is 502 g/mol. The van der Waals surface area contributed by atoms with E-state index in [1.807, 2.05) is 66.7 Å². The van der Waals surface area contributed by atoms with Gasteiger partial charge in [-0.25, -0.2) is 8.42 Å². The van der Waals surface area contributed by atoms with Crippen molar-refractivity contribution in [2.24, 2.45) is 0 Å². The highest BCUT2D eigenvalue weighted by Gasteiger charge is 2.21. The van der Waals surface area contributed by atoms with Crippen LogP contribution < -0.4 is 14.8 Å². The van der Waals surface area contributed by atoms with Crippen molar-refractivity contribution in [2.45, 2.75) is 11.4 Å². The normalized spacial score (nSPS) is 11.2. The zero-order valence-electron chi connectivity index (χ0n) is 19.7. The Labute approximate surface area is 211 Å². The number of carbonyl (C=O) groups excluding carboxylic acids is 1. The van der Waals surface area contributed by atoms with Crippen LogP contribution in [0.5, 0.6) is 17.2 Å². The number of ether oxygens (including phenoxy) is 2. The van der Waals surface area contributed by atoms with Crippen LogP contribution in [0.2, 0.25) is 0 Å². The average molecular weight is 503 g/mol. The average Bonchev–Trinajstić information content (AvgIpc) is 2.90. The second-order valence-electron chi connectivity index (χ2n) is 7.97. The summed E-state index contributed by atoms with van der Waals surface area (Å²) in [6, 6.07) is 31.7. The summed E-state index contributed by atoms with van der Waals surface area (Å²) < 4.78 is 38.5. The molecule has 0 heterocycles. The largest absolute Gasteiger partial charge is 0.484 e. The van der Waals surface area contributed by atoms with Gasteiger partial charge in [0.25, 0.3) is 5.91 Å². The number of amides is 1. The molecule has 0 radical (unpaired) electrons. The molecule has 184 valence electrons. The smallest absolute Gasteiger partial charge is 0.262 e. The molecule has 1 amide bonds. The third kappa shape index (κ3) is 6.50. The second-order valence-corrected chi connectivity index (χ2v) is 10.0. The molecule has 0 spiro atoms. The number of nitrogens with one attached hydrogen (secondary N) is 1. The van der Waals surface area contributed by atoms with Gasteiger partial charge in [-0.05, 0) is 54.1 Å². The first-order valence-electron chi connectivity index (χ1n) is 11.3.